The van der Waals surface area contributed by atoms with Gasteiger partial charge in [-0.2, -0.15) is 18.2 Å². The summed E-state index contributed by atoms with van der Waals surface area (Å²) < 4.78 is 40.5. The molecule has 0 spiro atoms. The van der Waals surface area contributed by atoms with Gasteiger partial charge in [0.15, 0.2) is 0 Å². The van der Waals surface area contributed by atoms with Gasteiger partial charge in [0.25, 0.3) is 0 Å². The summed E-state index contributed by atoms with van der Waals surface area (Å²) in [5.41, 5.74) is 1.28. The predicted molar refractivity (Wildman–Crippen MR) is 98.9 cm³/mol. The first-order chi connectivity index (χ1) is 12.3. The van der Waals surface area contributed by atoms with E-state index in [1.807, 2.05) is 19.1 Å². The number of nitrogens with one attached hydrogen (secondary N) is 2. The van der Waals surface area contributed by atoms with Gasteiger partial charge in [0, 0.05) is 16.4 Å². The fraction of sp³-hybridized carbons (Fsp3) is 0.111. The molecule has 0 unspecified atom stereocenters. The first-order valence-corrected chi connectivity index (χ1v) is 8.42. The molecule has 26 heavy (non-hydrogen) atoms. The molecule has 0 aliphatic rings. The van der Waals surface area contributed by atoms with Crippen LogP contribution in [0.3, 0.4) is 0 Å². The number of alkyl halides is 3. The van der Waals surface area contributed by atoms with Crippen LogP contribution in [0.4, 0.5) is 36.3 Å². The van der Waals surface area contributed by atoms with Gasteiger partial charge in [-0.3, -0.25) is 0 Å². The smallest absolute Gasteiger partial charge is 0.339 e. The molecule has 0 aliphatic heterocycles. The van der Waals surface area contributed by atoms with E-state index in [1.165, 1.54) is 0 Å². The molecule has 0 radical (unpaired) electrons. The number of halogens is 4. The van der Waals surface area contributed by atoms with E-state index in [2.05, 4.69) is 36.5 Å². The maximum absolute atomic E-state index is 13.3. The lowest BCUT2D eigenvalue weighted by molar-refractivity contribution is -0.137. The average Bonchev–Trinajstić information content (AvgIpc) is 2.58. The third kappa shape index (κ3) is 4.32. The third-order valence-corrected chi connectivity index (χ3v) is 4.22. The molecule has 3 rings (SSSR count). The SMILES string of the molecule is Cc1ccc(Nc2ncc(C(F)(F)F)c(Nc3ccccc3Br)n2)cc1. The van der Waals surface area contributed by atoms with Crippen molar-refractivity contribution in [3.05, 3.63) is 70.3 Å². The zero-order valence-electron chi connectivity index (χ0n) is 13.6. The molecule has 8 heteroatoms. The minimum atomic E-state index is -4.58. The van der Waals surface area contributed by atoms with Crippen molar-refractivity contribution in [3.8, 4) is 0 Å². The topological polar surface area (TPSA) is 49.8 Å². The number of aryl methyl sites for hydroxylation is 1. The Hall–Kier alpha value is -2.61. The van der Waals surface area contributed by atoms with Crippen LogP contribution in [-0.4, -0.2) is 9.97 Å². The first kappa shape index (κ1) is 18.2. The molecule has 2 N–H and O–H groups in total. The van der Waals surface area contributed by atoms with Crippen molar-refractivity contribution in [3.63, 3.8) is 0 Å². The van der Waals surface area contributed by atoms with Crippen LogP contribution >= 0.6 is 15.9 Å². The van der Waals surface area contributed by atoms with E-state index < -0.39 is 11.7 Å². The van der Waals surface area contributed by atoms with Crippen molar-refractivity contribution < 1.29 is 13.2 Å². The van der Waals surface area contributed by atoms with Crippen molar-refractivity contribution in [1.82, 2.24) is 9.97 Å². The summed E-state index contributed by atoms with van der Waals surface area (Å²) in [6, 6.07) is 14.2. The van der Waals surface area contributed by atoms with Crippen LogP contribution in [0, 0.1) is 6.92 Å². The van der Waals surface area contributed by atoms with Gasteiger partial charge in [0.2, 0.25) is 5.95 Å². The summed E-state index contributed by atoms with van der Waals surface area (Å²) >= 11 is 3.31. The highest BCUT2D eigenvalue weighted by Crippen LogP contribution is 2.36. The van der Waals surface area contributed by atoms with E-state index in [9.17, 15) is 13.2 Å². The van der Waals surface area contributed by atoms with Crippen LogP contribution in [0.1, 0.15) is 11.1 Å². The second kappa shape index (κ2) is 7.33. The Balaban J connectivity index is 1.96. The third-order valence-electron chi connectivity index (χ3n) is 3.53. The van der Waals surface area contributed by atoms with Gasteiger partial charge in [-0.15, -0.1) is 0 Å². The molecule has 0 fully saturated rings. The Labute approximate surface area is 156 Å². The standard InChI is InChI=1S/C18H14BrF3N4/c1-11-6-8-12(9-7-11)24-17-23-10-13(18(20,21)22)16(26-17)25-15-5-3-2-4-14(15)19/h2-10H,1H3,(H2,23,24,25,26). The average molecular weight is 423 g/mol. The number of rotatable bonds is 4. The summed E-state index contributed by atoms with van der Waals surface area (Å²) in [5.74, 6) is -0.259. The molecule has 0 amide bonds. The predicted octanol–water partition coefficient (Wildman–Crippen LogP) is 6.05. The largest absolute Gasteiger partial charge is 0.421 e. The van der Waals surface area contributed by atoms with E-state index in [-0.39, 0.29) is 11.8 Å². The number of benzene rings is 2. The van der Waals surface area contributed by atoms with Crippen molar-refractivity contribution >= 4 is 39.1 Å². The minimum Gasteiger partial charge on any atom is -0.339 e. The number of aromatic nitrogens is 2. The summed E-state index contributed by atoms with van der Waals surface area (Å²) in [7, 11) is 0. The Morgan fingerprint density at radius 3 is 2.31 bits per heavy atom. The molecular weight excluding hydrogens is 409 g/mol. The van der Waals surface area contributed by atoms with Gasteiger partial charge in [-0.1, -0.05) is 29.8 Å². The number of hydrogen-bond acceptors (Lipinski definition) is 4. The lowest BCUT2D eigenvalue weighted by atomic mass is 10.2. The van der Waals surface area contributed by atoms with Crippen LogP contribution in [0.5, 0.6) is 0 Å². The van der Waals surface area contributed by atoms with Crippen molar-refractivity contribution in [2.24, 2.45) is 0 Å². The number of anilines is 4. The zero-order valence-corrected chi connectivity index (χ0v) is 15.2. The molecule has 0 saturated carbocycles. The summed E-state index contributed by atoms with van der Waals surface area (Å²) in [4.78, 5) is 7.81. The van der Waals surface area contributed by atoms with Crippen molar-refractivity contribution in [1.29, 1.82) is 0 Å². The van der Waals surface area contributed by atoms with E-state index in [4.69, 9.17) is 0 Å². The monoisotopic (exact) mass is 422 g/mol. The Morgan fingerprint density at radius 2 is 1.65 bits per heavy atom. The Bertz CT molecular complexity index is 911. The normalized spacial score (nSPS) is 11.3. The van der Waals surface area contributed by atoms with Gasteiger partial charge in [0.1, 0.15) is 11.4 Å². The van der Waals surface area contributed by atoms with Crippen LogP contribution in [0.2, 0.25) is 0 Å². The number of para-hydroxylation sites is 1. The lowest BCUT2D eigenvalue weighted by Gasteiger charge is -2.15. The van der Waals surface area contributed by atoms with Crippen LogP contribution < -0.4 is 10.6 Å². The summed E-state index contributed by atoms with van der Waals surface area (Å²) in [6.45, 7) is 1.94. The molecule has 1 heterocycles. The fourth-order valence-electron chi connectivity index (χ4n) is 2.20. The molecule has 1 aromatic heterocycles. The molecule has 3 aromatic rings. The van der Waals surface area contributed by atoms with E-state index in [0.717, 1.165) is 11.8 Å². The highest BCUT2D eigenvalue weighted by atomic mass is 79.9. The fourth-order valence-corrected chi connectivity index (χ4v) is 2.58. The molecule has 0 atom stereocenters. The number of hydrogen-bond donors (Lipinski definition) is 2. The van der Waals surface area contributed by atoms with E-state index in [1.54, 1.807) is 36.4 Å². The molecular formula is C18H14BrF3N4. The Kier molecular flexibility index (Phi) is 5.13. The highest BCUT2D eigenvalue weighted by Gasteiger charge is 2.35. The van der Waals surface area contributed by atoms with E-state index >= 15 is 0 Å². The zero-order chi connectivity index (χ0) is 18.7. The molecule has 0 bridgehead atoms. The van der Waals surface area contributed by atoms with Crippen LogP contribution in [-0.2, 0) is 6.18 Å². The van der Waals surface area contributed by atoms with Gasteiger partial charge in [0.05, 0.1) is 5.69 Å². The van der Waals surface area contributed by atoms with Crippen molar-refractivity contribution in [2.45, 2.75) is 13.1 Å². The maximum atomic E-state index is 13.3. The van der Waals surface area contributed by atoms with Crippen LogP contribution in [0.25, 0.3) is 0 Å². The second-order valence-electron chi connectivity index (χ2n) is 5.55. The highest BCUT2D eigenvalue weighted by molar-refractivity contribution is 9.10. The second-order valence-corrected chi connectivity index (χ2v) is 6.40. The molecule has 0 aliphatic carbocycles. The molecule has 0 saturated heterocycles. The lowest BCUT2D eigenvalue weighted by Crippen LogP contribution is -2.12. The summed E-state index contributed by atoms with van der Waals surface area (Å²) in [6.07, 6.45) is -3.81. The minimum absolute atomic E-state index is 0.0661. The molecule has 134 valence electrons. The van der Waals surface area contributed by atoms with Gasteiger partial charge in [-0.05, 0) is 47.1 Å². The Morgan fingerprint density at radius 1 is 0.962 bits per heavy atom. The maximum Gasteiger partial charge on any atom is 0.421 e. The number of nitrogens with zero attached hydrogens (tertiary/aromatic N) is 2. The summed E-state index contributed by atoms with van der Waals surface area (Å²) in [5, 5.41) is 5.63. The van der Waals surface area contributed by atoms with Crippen molar-refractivity contribution in [2.75, 3.05) is 10.6 Å². The molecule has 4 nitrogen and oxygen atoms in total. The first-order valence-electron chi connectivity index (χ1n) is 7.62. The molecule has 2 aromatic carbocycles. The van der Waals surface area contributed by atoms with Crippen LogP contribution in [0.15, 0.2) is 59.2 Å². The van der Waals surface area contributed by atoms with Gasteiger partial charge >= 0.3 is 6.18 Å². The van der Waals surface area contributed by atoms with Gasteiger partial charge < -0.3 is 10.6 Å². The van der Waals surface area contributed by atoms with Gasteiger partial charge in [-0.25, -0.2) is 4.98 Å². The van der Waals surface area contributed by atoms with E-state index in [0.29, 0.717) is 15.8 Å². The quantitative estimate of drug-likeness (QED) is 0.536.